The molecule has 0 spiro atoms. The van der Waals surface area contributed by atoms with Crippen molar-refractivity contribution in [3.05, 3.63) is 0 Å². The van der Waals surface area contributed by atoms with Gasteiger partial charge in [0.05, 0.1) is 6.61 Å². The molecular weight excluding hydrogens is 1600 g/mol. The summed E-state index contributed by atoms with van der Waals surface area (Å²) >= 11 is 0. The predicted molar refractivity (Wildman–Crippen MR) is 366 cm³/mol. The van der Waals surface area contributed by atoms with Gasteiger partial charge in [0.25, 0.3) is 0 Å². The van der Waals surface area contributed by atoms with Crippen LogP contribution in [0.1, 0.15) is 117 Å². The molecule has 22 heterocycles. The molecule has 0 aromatic carbocycles. The largest absolute Gasteiger partial charge is 0.463 e. The highest BCUT2D eigenvalue weighted by atomic mass is 16.8. The molecule has 22 rings (SSSR count). The number of hydrogen-bond donors (Lipinski definition) is 1. The zero-order valence-electron chi connectivity index (χ0n) is 67.3. The summed E-state index contributed by atoms with van der Waals surface area (Å²) in [6, 6.07) is 0. The Hall–Kier alpha value is -9.24. The van der Waals surface area contributed by atoms with Gasteiger partial charge in [0.2, 0.25) is 0 Å². The molecule has 22 aliphatic heterocycles. The van der Waals surface area contributed by atoms with Crippen molar-refractivity contribution in [2.75, 3.05) is 53.9 Å². The molecule has 47 heteroatoms. The monoisotopic (exact) mass is 1700 g/mol. The Bertz CT molecular complexity index is 3560. The van der Waals surface area contributed by atoms with Gasteiger partial charge in [-0.2, -0.15) is 0 Å². The summed E-state index contributed by atoms with van der Waals surface area (Å²) in [6.07, 6.45) is -65.5. The van der Waals surface area contributed by atoms with Crippen LogP contribution in [0.4, 0.5) is 4.79 Å². The second-order valence-electron chi connectivity index (χ2n) is 27.3. The third-order valence-corrected chi connectivity index (χ3v) is 17.8. The molecule has 664 valence electrons. The number of ether oxygens (including phenoxy) is 30. The smallest absolute Gasteiger partial charge is 0.404 e. The van der Waals surface area contributed by atoms with Crippen molar-refractivity contribution in [2.24, 2.45) is 5.73 Å². The van der Waals surface area contributed by atoms with Crippen molar-refractivity contribution in [1.82, 2.24) is 0 Å². The zero-order valence-corrected chi connectivity index (χ0v) is 67.3. The summed E-state index contributed by atoms with van der Waals surface area (Å²) in [5.74, 6) is -17.1. The van der Waals surface area contributed by atoms with Crippen LogP contribution >= 0.6 is 0 Å². The van der Waals surface area contributed by atoms with Gasteiger partial charge in [0.1, 0.15) is 112 Å². The Balaban J connectivity index is 1.61. The first-order chi connectivity index (χ1) is 55.6. The molecule has 30 atom stereocenters. The van der Waals surface area contributed by atoms with Crippen LogP contribution in [0.3, 0.4) is 0 Å². The van der Waals surface area contributed by atoms with Gasteiger partial charge in [0.15, 0.2) is 105 Å². The summed E-state index contributed by atoms with van der Waals surface area (Å²) in [5.41, 5.74) is 5.55. The molecule has 47 nitrogen and oxygen atoms in total. The van der Waals surface area contributed by atoms with Crippen LogP contribution in [-0.2, 0) is 214 Å². The summed E-state index contributed by atoms with van der Waals surface area (Å²) in [7, 11) is 2.17. The van der Waals surface area contributed by atoms with Gasteiger partial charge in [-0.05, 0) is 6.42 Å². The summed E-state index contributed by atoms with van der Waals surface area (Å²) < 4.78 is 184. The van der Waals surface area contributed by atoms with Gasteiger partial charge in [-0.15, -0.1) is 0 Å². The SMILES string of the molecule is CCCC(=O)OC[C@H]1O[C@@H]2O[C@H]3[C@H](OC)[C@@H](OC(C)=O)[C@@H](O[C@H]4[C@H](OC(C)=O)[C@@H](OC(C)=O)[C@@H](O[C@H]5[C@H](OC(C)=O)[C@@H](OC(C)=O)[C@@H](O[C@H]6[C@H](OC(C)=O)[C@@H](OC(C)=O)[C@@H](O[C@H]7[C@H](OC(C)=O)[C@@H](OC(C)=O)[C@@H](O[C@H]1[C@H](OC(C)=O)[C@H]2OC(C)=O)O[C@@H]7COC(C)=O)O[C@@H]6COC(N)=O)O[C@@H]5COC)O[C@@H]4COC(C)=O)O[C@@H]3COC(C)=O. The van der Waals surface area contributed by atoms with Crippen LogP contribution < -0.4 is 5.73 Å². The molecule has 0 unspecified atom stereocenters. The molecule has 12 bridgehead atoms. The van der Waals surface area contributed by atoms with E-state index in [2.05, 4.69) is 0 Å². The van der Waals surface area contributed by atoms with Crippen LogP contribution in [0, 0.1) is 0 Å². The van der Waals surface area contributed by atoms with Crippen molar-refractivity contribution >= 4 is 95.6 Å². The zero-order chi connectivity index (χ0) is 87.4. The fraction of sp³-hybridized carbons (Fsp3) is 0.775. The quantitative estimate of drug-likeness (QED) is 0.0703. The lowest BCUT2D eigenvalue weighted by atomic mass is 9.94. The predicted octanol–water partition coefficient (Wildman–Crippen LogP) is -2.30. The van der Waals surface area contributed by atoms with E-state index in [1.165, 1.54) is 0 Å². The highest BCUT2D eigenvalue weighted by Crippen LogP contribution is 2.44. The van der Waals surface area contributed by atoms with Crippen LogP contribution in [0.25, 0.3) is 0 Å². The van der Waals surface area contributed by atoms with Crippen LogP contribution in [-0.4, -0.2) is 334 Å². The van der Waals surface area contributed by atoms with E-state index >= 15 is 0 Å². The molecule has 2 N–H and O–H groups in total. The summed E-state index contributed by atoms with van der Waals surface area (Å²) in [6.45, 7) is 8.39. The highest BCUT2D eigenvalue weighted by Gasteiger charge is 2.65. The molecule has 0 aliphatic carbocycles. The van der Waals surface area contributed by atoms with Gasteiger partial charge in [-0.1, -0.05) is 6.92 Å². The van der Waals surface area contributed by atoms with E-state index in [4.69, 9.17) is 148 Å². The molecule has 0 saturated carbocycles. The van der Waals surface area contributed by atoms with Gasteiger partial charge in [0, 0.05) is 118 Å². The van der Waals surface area contributed by atoms with E-state index in [9.17, 15) is 76.7 Å². The number of carbonyl (C=O) groups is 16. The Kier molecular flexibility index (Phi) is 35.9. The van der Waals surface area contributed by atoms with Crippen LogP contribution in [0.2, 0.25) is 0 Å². The molecule has 22 fully saturated rings. The molecule has 22 saturated heterocycles. The number of rotatable bonds is 26. The van der Waals surface area contributed by atoms with Gasteiger partial charge < -0.3 is 148 Å². The Morgan fingerprint density at radius 3 is 0.610 bits per heavy atom. The summed E-state index contributed by atoms with van der Waals surface area (Å²) in [4.78, 5) is 216. The lowest BCUT2D eigenvalue weighted by Gasteiger charge is -2.52. The molecule has 118 heavy (non-hydrogen) atoms. The standard InChI is InChI=1S/C71H99NO46/c1-18-19-46(87)94-24-44-51-57(99-32(8)79)61(103-36(12)83)67(111-44)113-47-41(21-91-26(2)73)108-65(59(53(47)90-17)101-34(10)81)115-49-42(22-92-27(3)74)109-68(62(104-37(13)84)55(49)97-30(6)77)114-48-40(20-89-16)107-66(60(102-35(11)82)54(48)96-29(5)76)118-52-45(25-95-71(72)88)112-70(64(106-39(15)86)58(52)100-33(9)80)116-50-43(23-93-28(4)75)110-69(117-51)63(105-38(14)85)56(50)98-31(7)78/h40-45,47-70H,18-25H2,1-17H3,(H2,72,88)/t40-,41-,42-,43-,44-,45-,47-,48-,49-,50-,51-,52-,53+,54+,55+,56+,57+,58+,59-,60-,61-,62-,63-,64-,65-,66-,67-,68-,69-,70-/m1/s1. The van der Waals surface area contributed by atoms with E-state index in [1.54, 1.807) is 6.92 Å². The third kappa shape index (κ3) is 26.6. The van der Waals surface area contributed by atoms with Crippen molar-refractivity contribution in [1.29, 1.82) is 0 Å². The van der Waals surface area contributed by atoms with E-state index in [1.807, 2.05) is 0 Å². The highest BCUT2D eigenvalue weighted by molar-refractivity contribution is 5.72. The fourth-order valence-electron chi connectivity index (χ4n) is 13.8. The lowest BCUT2D eigenvalue weighted by Crippen LogP contribution is -2.71. The van der Waals surface area contributed by atoms with Crippen LogP contribution in [0.5, 0.6) is 0 Å². The van der Waals surface area contributed by atoms with Crippen molar-refractivity contribution in [3.8, 4) is 0 Å². The van der Waals surface area contributed by atoms with Crippen molar-refractivity contribution in [2.45, 2.75) is 301 Å². The number of nitrogens with two attached hydrogens (primary N) is 1. The summed E-state index contributed by atoms with van der Waals surface area (Å²) in [5, 5.41) is 0. The number of esters is 15. The normalized spacial score (nSPS) is 35.2. The first-order valence-corrected chi connectivity index (χ1v) is 36.9. The maximum absolute atomic E-state index is 13.8. The molecule has 0 radical (unpaired) electrons. The van der Waals surface area contributed by atoms with E-state index in [0.717, 1.165) is 111 Å². The van der Waals surface area contributed by atoms with Crippen LogP contribution in [0.15, 0.2) is 0 Å². The Morgan fingerprint density at radius 2 is 0.424 bits per heavy atom. The topological polar surface area (TPSA) is 576 Å². The average molecular weight is 1700 g/mol. The molecule has 1 amide bonds. The molecular formula is C71H99NO46. The lowest BCUT2D eigenvalue weighted by molar-refractivity contribution is -0.404. The van der Waals surface area contributed by atoms with Crippen molar-refractivity contribution in [3.63, 3.8) is 0 Å². The van der Waals surface area contributed by atoms with E-state index < -0.39 is 320 Å². The van der Waals surface area contributed by atoms with E-state index in [0.29, 0.717) is 0 Å². The van der Waals surface area contributed by atoms with Gasteiger partial charge in [-0.25, -0.2) is 4.79 Å². The Morgan fingerprint density at radius 1 is 0.237 bits per heavy atom. The minimum Gasteiger partial charge on any atom is -0.463 e. The number of carbonyl (C=O) groups excluding carboxylic acids is 16. The first kappa shape index (κ1) is 95.9. The van der Waals surface area contributed by atoms with Gasteiger partial charge >= 0.3 is 95.6 Å². The van der Waals surface area contributed by atoms with Gasteiger partial charge in [-0.3, -0.25) is 71.9 Å². The second kappa shape index (κ2) is 44.2. The number of hydrogen-bond acceptors (Lipinski definition) is 46. The number of primary amides is 1. The maximum Gasteiger partial charge on any atom is 0.404 e. The second-order valence-corrected chi connectivity index (χ2v) is 27.3. The fourth-order valence-corrected chi connectivity index (χ4v) is 13.8. The molecule has 0 aromatic heterocycles. The van der Waals surface area contributed by atoms with E-state index in [-0.39, 0.29) is 12.8 Å². The first-order valence-electron chi connectivity index (χ1n) is 36.9. The number of amides is 1. The molecule has 22 aliphatic rings. The average Bonchev–Trinajstić information content (AvgIpc) is 0.756. The Labute approximate surface area is 673 Å². The maximum atomic E-state index is 13.8. The minimum atomic E-state index is -2.37. The third-order valence-electron chi connectivity index (χ3n) is 17.8. The van der Waals surface area contributed by atoms with Crippen molar-refractivity contribution < 1.29 is 219 Å². The number of methoxy groups -OCH3 is 2. The molecule has 0 aromatic rings. The minimum absolute atomic E-state index is 0.187.